The number of rotatable bonds is 4. The number of nitrogens with one attached hydrogen (secondary N) is 1. The summed E-state index contributed by atoms with van der Waals surface area (Å²) in [5.74, 6) is 0.161. The quantitative estimate of drug-likeness (QED) is 0.790. The molecule has 0 aliphatic carbocycles. The lowest BCUT2D eigenvalue weighted by molar-refractivity contribution is -0.896. The number of carbonyl (C=O) groups excluding carboxylic acids is 1. The highest BCUT2D eigenvalue weighted by Crippen LogP contribution is 2.21. The second kappa shape index (κ2) is 7.71. The van der Waals surface area contributed by atoms with Gasteiger partial charge in [0.25, 0.3) is 15.9 Å². The van der Waals surface area contributed by atoms with Crippen molar-refractivity contribution in [1.82, 2.24) is 9.21 Å². The van der Waals surface area contributed by atoms with Crippen LogP contribution in [0.4, 0.5) is 0 Å². The first-order chi connectivity index (χ1) is 13.0. The molecule has 1 fully saturated rings. The zero-order valence-corrected chi connectivity index (χ0v) is 16.8. The summed E-state index contributed by atoms with van der Waals surface area (Å²) >= 11 is 1.25. The molecule has 0 spiro atoms. The molecule has 2 aliphatic heterocycles. The number of amides is 1. The molecule has 1 saturated heterocycles. The number of benzene rings is 1. The topological polar surface area (TPSA) is 62.1 Å². The zero-order chi connectivity index (χ0) is 18.9. The molecule has 1 amide bonds. The van der Waals surface area contributed by atoms with Gasteiger partial charge in [-0.05, 0) is 29.0 Å². The first kappa shape index (κ1) is 18.6. The van der Waals surface area contributed by atoms with Crippen LogP contribution in [0.5, 0.6) is 0 Å². The summed E-state index contributed by atoms with van der Waals surface area (Å²) in [5.41, 5.74) is 2.57. The SMILES string of the molecule is O=C(C[NH+]1CCN(S(=O)(=O)c2cccs2)CC1)N1CCc2ccccc2C1. The monoisotopic (exact) mass is 406 g/mol. The Morgan fingerprint density at radius 1 is 1.04 bits per heavy atom. The van der Waals surface area contributed by atoms with E-state index in [4.69, 9.17) is 0 Å². The molecule has 4 rings (SSSR count). The van der Waals surface area contributed by atoms with Crippen molar-refractivity contribution >= 4 is 27.3 Å². The molecule has 6 nitrogen and oxygen atoms in total. The van der Waals surface area contributed by atoms with Gasteiger partial charge in [-0.25, -0.2) is 8.42 Å². The van der Waals surface area contributed by atoms with E-state index in [0.29, 0.717) is 43.5 Å². The third-order valence-corrected chi connectivity index (χ3v) is 8.68. The molecular formula is C19H24N3O3S2+. The maximum atomic E-state index is 12.7. The number of piperazine rings is 1. The van der Waals surface area contributed by atoms with Crippen molar-refractivity contribution < 1.29 is 18.1 Å². The van der Waals surface area contributed by atoms with Crippen LogP contribution in [0, 0.1) is 0 Å². The summed E-state index contributed by atoms with van der Waals surface area (Å²) in [7, 11) is -3.38. The number of sulfonamides is 1. The Kier molecular flexibility index (Phi) is 5.32. The second-order valence-corrected chi connectivity index (χ2v) is 10.2. The maximum Gasteiger partial charge on any atom is 0.278 e. The normalized spacial score (nSPS) is 19.0. The number of carbonyl (C=O) groups is 1. The number of fused-ring (bicyclic) bond motifs is 1. The van der Waals surface area contributed by atoms with Crippen molar-refractivity contribution in [3.63, 3.8) is 0 Å². The van der Waals surface area contributed by atoms with Gasteiger partial charge < -0.3 is 9.80 Å². The minimum Gasteiger partial charge on any atom is -0.333 e. The van der Waals surface area contributed by atoms with Gasteiger partial charge in [0, 0.05) is 13.1 Å². The van der Waals surface area contributed by atoms with E-state index in [0.717, 1.165) is 17.9 Å². The highest BCUT2D eigenvalue weighted by Gasteiger charge is 2.32. The molecule has 8 heteroatoms. The fraction of sp³-hybridized carbons (Fsp3) is 0.421. The lowest BCUT2D eigenvalue weighted by atomic mass is 10.00. The lowest BCUT2D eigenvalue weighted by Crippen LogP contribution is -3.15. The van der Waals surface area contributed by atoms with Crippen LogP contribution in [-0.4, -0.2) is 62.8 Å². The summed E-state index contributed by atoms with van der Waals surface area (Å²) < 4.78 is 27.1. The lowest BCUT2D eigenvalue weighted by Gasteiger charge is -2.33. The average Bonchev–Trinajstić information content (AvgIpc) is 3.24. The number of hydrogen-bond acceptors (Lipinski definition) is 4. The fourth-order valence-corrected chi connectivity index (χ4v) is 6.38. The van der Waals surface area contributed by atoms with Crippen LogP contribution in [0.25, 0.3) is 0 Å². The fourth-order valence-electron chi connectivity index (χ4n) is 3.79. The Balaban J connectivity index is 1.31. The molecule has 1 aromatic carbocycles. The van der Waals surface area contributed by atoms with Crippen molar-refractivity contribution in [1.29, 1.82) is 0 Å². The Hall–Kier alpha value is -1.74. The summed E-state index contributed by atoms with van der Waals surface area (Å²) in [6.45, 7) is 4.15. The van der Waals surface area contributed by atoms with Crippen molar-refractivity contribution in [3.8, 4) is 0 Å². The summed E-state index contributed by atoms with van der Waals surface area (Å²) in [5, 5.41) is 1.78. The van der Waals surface area contributed by atoms with Gasteiger partial charge in [0.2, 0.25) is 0 Å². The molecule has 2 aromatic rings. The molecule has 3 heterocycles. The van der Waals surface area contributed by atoms with E-state index in [9.17, 15) is 13.2 Å². The van der Waals surface area contributed by atoms with Crippen LogP contribution in [0.15, 0.2) is 46.0 Å². The molecule has 144 valence electrons. The standard InChI is InChI=1S/C19H23N3O3S2/c23-18(21-8-7-16-4-1-2-5-17(16)14-21)15-20-9-11-22(12-10-20)27(24,25)19-6-3-13-26-19/h1-6,13H,7-12,14-15H2/p+1. The molecule has 1 N–H and O–H groups in total. The minimum atomic E-state index is -3.38. The summed E-state index contributed by atoms with van der Waals surface area (Å²) in [6.07, 6.45) is 0.907. The smallest absolute Gasteiger partial charge is 0.278 e. The highest BCUT2D eigenvalue weighted by atomic mass is 32.2. The van der Waals surface area contributed by atoms with Crippen LogP contribution in [0.2, 0.25) is 0 Å². The Morgan fingerprint density at radius 2 is 1.78 bits per heavy atom. The maximum absolute atomic E-state index is 12.7. The molecular weight excluding hydrogens is 382 g/mol. The molecule has 0 bridgehead atoms. The van der Waals surface area contributed by atoms with Crippen LogP contribution in [0.3, 0.4) is 0 Å². The number of quaternary nitrogens is 1. The van der Waals surface area contributed by atoms with Gasteiger partial charge in [0.05, 0.1) is 26.2 Å². The van der Waals surface area contributed by atoms with Crippen LogP contribution in [-0.2, 0) is 27.8 Å². The molecule has 0 unspecified atom stereocenters. The van der Waals surface area contributed by atoms with Crippen molar-refractivity contribution in [2.75, 3.05) is 39.3 Å². The van der Waals surface area contributed by atoms with E-state index >= 15 is 0 Å². The Bertz CT molecular complexity index is 904. The van der Waals surface area contributed by atoms with E-state index in [1.807, 2.05) is 17.0 Å². The van der Waals surface area contributed by atoms with Crippen molar-refractivity contribution in [2.24, 2.45) is 0 Å². The third kappa shape index (κ3) is 3.94. The second-order valence-electron chi connectivity index (χ2n) is 7.10. The average molecular weight is 407 g/mol. The van der Waals surface area contributed by atoms with Gasteiger partial charge in [-0.3, -0.25) is 4.79 Å². The molecule has 1 aromatic heterocycles. The molecule has 0 saturated carbocycles. The largest absolute Gasteiger partial charge is 0.333 e. The molecule has 2 aliphatic rings. The van der Waals surface area contributed by atoms with E-state index in [2.05, 4.69) is 12.1 Å². The Morgan fingerprint density at radius 3 is 2.48 bits per heavy atom. The first-order valence-electron chi connectivity index (χ1n) is 9.26. The molecule has 0 atom stereocenters. The first-order valence-corrected chi connectivity index (χ1v) is 11.6. The predicted molar refractivity (Wildman–Crippen MR) is 104 cm³/mol. The van der Waals surface area contributed by atoms with Crippen LogP contribution in [0.1, 0.15) is 11.1 Å². The molecule has 27 heavy (non-hydrogen) atoms. The zero-order valence-electron chi connectivity index (χ0n) is 15.1. The van der Waals surface area contributed by atoms with E-state index in [-0.39, 0.29) is 5.91 Å². The van der Waals surface area contributed by atoms with E-state index in [1.165, 1.54) is 22.5 Å². The van der Waals surface area contributed by atoms with Gasteiger partial charge in [-0.1, -0.05) is 30.3 Å². The van der Waals surface area contributed by atoms with Crippen molar-refractivity contribution in [3.05, 3.63) is 52.9 Å². The van der Waals surface area contributed by atoms with Gasteiger partial charge in [0.15, 0.2) is 6.54 Å². The van der Waals surface area contributed by atoms with E-state index < -0.39 is 10.0 Å². The predicted octanol–water partition coefficient (Wildman–Crippen LogP) is 0.222. The van der Waals surface area contributed by atoms with Gasteiger partial charge in [-0.2, -0.15) is 4.31 Å². The Labute approximate surface area is 164 Å². The number of thiophene rings is 1. The van der Waals surface area contributed by atoms with Gasteiger partial charge >= 0.3 is 0 Å². The highest BCUT2D eigenvalue weighted by molar-refractivity contribution is 7.91. The number of hydrogen-bond donors (Lipinski definition) is 1. The van der Waals surface area contributed by atoms with E-state index in [1.54, 1.807) is 21.8 Å². The summed E-state index contributed by atoms with van der Waals surface area (Å²) in [4.78, 5) is 15.8. The van der Waals surface area contributed by atoms with Gasteiger partial charge in [-0.15, -0.1) is 11.3 Å². The van der Waals surface area contributed by atoms with Crippen molar-refractivity contribution in [2.45, 2.75) is 17.2 Å². The number of nitrogens with zero attached hydrogens (tertiary/aromatic N) is 2. The third-order valence-electron chi connectivity index (χ3n) is 5.40. The minimum absolute atomic E-state index is 0.161. The molecule has 0 radical (unpaired) electrons. The van der Waals surface area contributed by atoms with Crippen LogP contribution >= 0.6 is 11.3 Å². The van der Waals surface area contributed by atoms with Crippen LogP contribution < -0.4 is 4.90 Å². The van der Waals surface area contributed by atoms with Gasteiger partial charge in [0.1, 0.15) is 4.21 Å². The summed E-state index contributed by atoms with van der Waals surface area (Å²) in [6, 6.07) is 11.7.